The van der Waals surface area contributed by atoms with Gasteiger partial charge in [-0.25, -0.2) is 14.6 Å². The first-order chi connectivity index (χ1) is 23.8. The zero-order valence-electron chi connectivity index (χ0n) is 29.1. The Morgan fingerprint density at radius 2 is 1.88 bits per heavy atom. The number of aromatic nitrogens is 1. The molecule has 5 atom stereocenters. The number of methoxy groups -OCH3 is 1. The van der Waals surface area contributed by atoms with Gasteiger partial charge in [0, 0.05) is 42.0 Å². The van der Waals surface area contributed by atoms with Gasteiger partial charge in [-0.3, -0.25) is 9.59 Å². The van der Waals surface area contributed by atoms with Gasteiger partial charge in [0.15, 0.2) is 0 Å². The standard InChI is InChI=1S/C37H45N5O8/c1-7-23-19-37(23,34(45)48-8-2)41-32(43)30-17-25(21-42(30)33(44)29(20-38)40-35(46)50-36(3,4)5)49-31-18-27(22-12-10-9-11-13-22)39-28-16-24(47-6)14-15-26(28)31/h7,9-16,18,23,25,29-30H,1,8,17,19-21,38H2,2-6H3,(H,40,46)(H,41,43)/t23-,25?,29+,30+,37-/m1/s1. The molecule has 0 radical (unpaired) electrons. The second kappa shape index (κ2) is 14.8. The largest absolute Gasteiger partial charge is 0.497 e. The normalized spacial score (nSPS) is 21.9. The number of nitrogens with zero attached hydrogens (tertiary/aromatic N) is 2. The van der Waals surface area contributed by atoms with Crippen molar-refractivity contribution < 1.29 is 38.1 Å². The van der Waals surface area contributed by atoms with Gasteiger partial charge in [0.25, 0.3) is 0 Å². The van der Waals surface area contributed by atoms with Gasteiger partial charge in [0.2, 0.25) is 11.8 Å². The molecule has 3 amide bonds. The number of amides is 3. The lowest BCUT2D eigenvalue weighted by atomic mass is 10.1. The predicted molar refractivity (Wildman–Crippen MR) is 186 cm³/mol. The number of esters is 1. The lowest BCUT2D eigenvalue weighted by Gasteiger charge is -2.29. The first-order valence-corrected chi connectivity index (χ1v) is 16.6. The van der Waals surface area contributed by atoms with Crippen LogP contribution in [0.15, 0.2) is 67.3 Å². The maximum absolute atomic E-state index is 14.1. The number of nitrogens with two attached hydrogens (primary N) is 1. The Hall–Kier alpha value is -5.17. The molecule has 1 aliphatic carbocycles. The highest BCUT2D eigenvalue weighted by atomic mass is 16.6. The SMILES string of the molecule is C=C[C@@H]1C[C@]1(NC(=O)[C@@H]1CC(Oc2cc(-c3ccccc3)nc3cc(OC)ccc23)CN1C(=O)[C@H](CN)NC(=O)OC(C)(C)C)C(=O)OCC. The number of carbonyl (C=O) groups excluding carboxylic acids is 4. The van der Waals surface area contributed by atoms with Crippen LogP contribution in [0.5, 0.6) is 11.5 Å². The molecular weight excluding hydrogens is 642 g/mol. The average molecular weight is 688 g/mol. The van der Waals surface area contributed by atoms with Crippen molar-refractivity contribution >= 4 is 34.8 Å². The minimum Gasteiger partial charge on any atom is -0.497 e. The summed E-state index contributed by atoms with van der Waals surface area (Å²) in [5.74, 6) is -0.946. The Bertz CT molecular complexity index is 1760. The smallest absolute Gasteiger partial charge is 0.408 e. The highest BCUT2D eigenvalue weighted by Crippen LogP contribution is 2.46. The Morgan fingerprint density at radius 3 is 2.50 bits per heavy atom. The van der Waals surface area contributed by atoms with Gasteiger partial charge in [0.05, 0.1) is 31.5 Å². The number of rotatable bonds is 12. The number of carbonyl (C=O) groups is 4. The van der Waals surface area contributed by atoms with Crippen LogP contribution in [0.25, 0.3) is 22.2 Å². The van der Waals surface area contributed by atoms with Gasteiger partial charge in [-0.2, -0.15) is 0 Å². The first kappa shape index (κ1) is 36.1. The van der Waals surface area contributed by atoms with Crippen LogP contribution in [-0.2, 0) is 23.9 Å². The minimum atomic E-state index is -1.28. The number of fused-ring (bicyclic) bond motifs is 1. The highest BCUT2D eigenvalue weighted by molar-refractivity contribution is 5.97. The number of likely N-dealkylation sites (tertiary alicyclic amines) is 1. The summed E-state index contributed by atoms with van der Waals surface area (Å²) in [5.41, 5.74) is 6.03. The van der Waals surface area contributed by atoms with Crippen LogP contribution in [0, 0.1) is 5.92 Å². The molecule has 1 saturated carbocycles. The van der Waals surface area contributed by atoms with E-state index in [4.69, 9.17) is 29.7 Å². The van der Waals surface area contributed by atoms with Gasteiger partial charge >= 0.3 is 12.1 Å². The van der Waals surface area contributed by atoms with Crippen LogP contribution >= 0.6 is 0 Å². The summed E-state index contributed by atoms with van der Waals surface area (Å²) in [5, 5.41) is 6.11. The number of nitrogens with one attached hydrogen (secondary N) is 2. The van der Waals surface area contributed by atoms with Crippen LogP contribution in [0.1, 0.15) is 40.5 Å². The van der Waals surface area contributed by atoms with Crippen molar-refractivity contribution in [3.8, 4) is 22.8 Å². The fraction of sp³-hybridized carbons (Fsp3) is 0.432. The molecule has 2 aliphatic rings. The van der Waals surface area contributed by atoms with E-state index in [2.05, 4.69) is 17.2 Å². The molecule has 1 unspecified atom stereocenters. The lowest BCUT2D eigenvalue weighted by molar-refractivity contribution is -0.150. The molecule has 3 aromatic rings. The average Bonchev–Trinajstić information content (AvgIpc) is 3.65. The summed E-state index contributed by atoms with van der Waals surface area (Å²) < 4.78 is 22.7. The summed E-state index contributed by atoms with van der Waals surface area (Å²) in [6.07, 6.45) is 0.513. The maximum Gasteiger partial charge on any atom is 0.408 e. The quantitative estimate of drug-likeness (QED) is 0.188. The Labute approximate surface area is 291 Å². The van der Waals surface area contributed by atoms with Crippen LogP contribution in [0.3, 0.4) is 0 Å². The van der Waals surface area contributed by atoms with Crippen LogP contribution in [0.2, 0.25) is 0 Å². The fourth-order valence-electron chi connectivity index (χ4n) is 6.15. The van der Waals surface area contributed by atoms with E-state index in [-0.39, 0.29) is 32.0 Å². The van der Waals surface area contributed by atoms with E-state index in [1.807, 2.05) is 48.5 Å². The zero-order valence-corrected chi connectivity index (χ0v) is 29.1. The van der Waals surface area contributed by atoms with E-state index in [1.165, 1.54) is 4.90 Å². The van der Waals surface area contributed by atoms with Crippen molar-refractivity contribution in [1.82, 2.24) is 20.5 Å². The van der Waals surface area contributed by atoms with Gasteiger partial charge < -0.3 is 40.2 Å². The molecule has 0 spiro atoms. The number of hydrogen-bond donors (Lipinski definition) is 3. The molecule has 5 rings (SSSR count). The number of benzene rings is 2. The lowest BCUT2D eigenvalue weighted by Crippen LogP contribution is -2.58. The van der Waals surface area contributed by atoms with Crippen molar-refractivity contribution in [3.05, 3.63) is 67.3 Å². The number of ether oxygens (including phenoxy) is 4. The topological polar surface area (TPSA) is 171 Å². The molecular formula is C37H45N5O8. The monoisotopic (exact) mass is 687 g/mol. The molecule has 266 valence electrons. The third-order valence-corrected chi connectivity index (χ3v) is 8.70. The molecule has 1 aliphatic heterocycles. The molecule has 13 nitrogen and oxygen atoms in total. The van der Waals surface area contributed by atoms with E-state index < -0.39 is 53.2 Å². The Kier molecular flexibility index (Phi) is 10.7. The van der Waals surface area contributed by atoms with Crippen LogP contribution in [-0.4, -0.2) is 89.9 Å². The van der Waals surface area contributed by atoms with Crippen molar-refractivity contribution in [3.63, 3.8) is 0 Å². The molecule has 0 bridgehead atoms. The predicted octanol–water partition coefficient (Wildman–Crippen LogP) is 3.73. The van der Waals surface area contributed by atoms with E-state index in [9.17, 15) is 19.2 Å². The van der Waals surface area contributed by atoms with Gasteiger partial charge in [0.1, 0.15) is 40.8 Å². The third-order valence-electron chi connectivity index (χ3n) is 8.70. The Morgan fingerprint density at radius 1 is 1.14 bits per heavy atom. The molecule has 1 aromatic heterocycles. The van der Waals surface area contributed by atoms with Crippen molar-refractivity contribution in [2.75, 3.05) is 26.8 Å². The van der Waals surface area contributed by atoms with E-state index >= 15 is 0 Å². The molecule has 4 N–H and O–H groups in total. The van der Waals surface area contributed by atoms with Crippen LogP contribution < -0.4 is 25.8 Å². The van der Waals surface area contributed by atoms with Gasteiger partial charge in [-0.1, -0.05) is 36.4 Å². The molecule has 2 fully saturated rings. The minimum absolute atomic E-state index is 0.0125. The van der Waals surface area contributed by atoms with Crippen LogP contribution in [0.4, 0.5) is 4.79 Å². The molecule has 2 heterocycles. The fourth-order valence-corrected chi connectivity index (χ4v) is 6.15. The van der Waals surface area contributed by atoms with Gasteiger partial charge in [-0.15, -0.1) is 6.58 Å². The first-order valence-electron chi connectivity index (χ1n) is 16.6. The van der Waals surface area contributed by atoms with Gasteiger partial charge in [-0.05, 0) is 46.2 Å². The molecule has 50 heavy (non-hydrogen) atoms. The summed E-state index contributed by atoms with van der Waals surface area (Å²) >= 11 is 0. The number of pyridine rings is 1. The summed E-state index contributed by atoms with van der Waals surface area (Å²) in [6, 6.07) is 14.6. The second-order valence-corrected chi connectivity index (χ2v) is 13.4. The highest BCUT2D eigenvalue weighted by Gasteiger charge is 2.62. The maximum atomic E-state index is 14.1. The van der Waals surface area contributed by atoms with Crippen molar-refractivity contribution in [2.45, 2.75) is 69.9 Å². The van der Waals surface area contributed by atoms with E-state index in [1.54, 1.807) is 46.9 Å². The number of alkyl carbamates (subject to hydrolysis) is 1. The zero-order chi connectivity index (χ0) is 36.2. The third kappa shape index (κ3) is 7.83. The summed E-state index contributed by atoms with van der Waals surface area (Å²) in [7, 11) is 1.58. The van der Waals surface area contributed by atoms with Crippen molar-refractivity contribution in [2.24, 2.45) is 11.7 Å². The van der Waals surface area contributed by atoms with Crippen molar-refractivity contribution in [1.29, 1.82) is 0 Å². The number of hydrogen-bond acceptors (Lipinski definition) is 10. The molecule has 1 saturated heterocycles. The summed E-state index contributed by atoms with van der Waals surface area (Å²) in [4.78, 5) is 59.9. The summed E-state index contributed by atoms with van der Waals surface area (Å²) in [6.45, 7) is 10.4. The van der Waals surface area contributed by atoms with E-state index in [0.717, 1.165) is 5.56 Å². The molecule has 13 heteroatoms. The Balaban J connectivity index is 1.47. The second-order valence-electron chi connectivity index (χ2n) is 13.4. The van der Waals surface area contributed by atoms with E-state index in [0.29, 0.717) is 34.5 Å². The molecule has 2 aromatic carbocycles.